The summed E-state index contributed by atoms with van der Waals surface area (Å²) in [5.74, 6) is 0.131. The van der Waals surface area contributed by atoms with Gasteiger partial charge in [-0.3, -0.25) is 4.79 Å². The number of carbonyl (C=O) groups is 1. The highest BCUT2D eigenvalue weighted by Crippen LogP contribution is 2.34. The molecule has 1 amide bonds. The van der Waals surface area contributed by atoms with E-state index in [9.17, 15) is 9.90 Å². The minimum Gasteiger partial charge on any atom is -0.396 e. The summed E-state index contributed by atoms with van der Waals surface area (Å²) in [6, 6.07) is 6.07. The summed E-state index contributed by atoms with van der Waals surface area (Å²) in [4.78, 5) is 15.8. The van der Waals surface area contributed by atoms with Crippen LogP contribution in [0.2, 0.25) is 0 Å². The van der Waals surface area contributed by atoms with Crippen molar-refractivity contribution in [3.8, 4) is 0 Å². The molecule has 3 nitrogen and oxygen atoms in total. The molecule has 0 aliphatic carbocycles. The van der Waals surface area contributed by atoms with E-state index in [1.807, 2.05) is 30.2 Å². The molecule has 2 rings (SSSR count). The maximum atomic E-state index is 12.7. The molecule has 1 heterocycles. The smallest absolute Gasteiger partial charge is 0.254 e. The standard InChI is InChI=1S/C17H25NO2S/c1-4-17(12-19)7-9-18(10-8-17)16(20)15-11-14(21-3)6-5-13(15)2/h5-6,11,19H,4,7-10,12H2,1-3H3. The Bertz CT molecular complexity index is 502. The number of thioether (sulfide) groups is 1. The van der Waals surface area contributed by atoms with Gasteiger partial charge in [0.05, 0.1) is 0 Å². The SMILES string of the molecule is CCC1(CO)CCN(C(=O)c2cc(SC)ccc2C)CC1. The van der Waals surface area contributed by atoms with Crippen molar-refractivity contribution in [1.29, 1.82) is 0 Å². The van der Waals surface area contributed by atoms with Crippen molar-refractivity contribution < 1.29 is 9.90 Å². The monoisotopic (exact) mass is 307 g/mol. The number of rotatable bonds is 4. The third kappa shape index (κ3) is 3.43. The lowest BCUT2D eigenvalue weighted by atomic mass is 9.77. The molecule has 1 aliphatic rings. The van der Waals surface area contributed by atoms with Crippen LogP contribution in [0.4, 0.5) is 0 Å². The average Bonchev–Trinajstić information content (AvgIpc) is 2.55. The van der Waals surface area contributed by atoms with E-state index in [1.54, 1.807) is 11.8 Å². The van der Waals surface area contributed by atoms with Crippen LogP contribution < -0.4 is 0 Å². The number of hydrogen-bond donors (Lipinski definition) is 1. The first-order valence-electron chi connectivity index (χ1n) is 7.60. The number of aliphatic hydroxyl groups is 1. The van der Waals surface area contributed by atoms with E-state index in [2.05, 4.69) is 13.0 Å². The number of hydrogen-bond acceptors (Lipinski definition) is 3. The number of nitrogens with zero attached hydrogens (tertiary/aromatic N) is 1. The highest BCUT2D eigenvalue weighted by Gasteiger charge is 2.34. The van der Waals surface area contributed by atoms with Crippen LogP contribution in [0, 0.1) is 12.3 Å². The first-order valence-corrected chi connectivity index (χ1v) is 8.82. The topological polar surface area (TPSA) is 40.5 Å². The van der Waals surface area contributed by atoms with Gasteiger partial charge in [-0.2, -0.15) is 0 Å². The van der Waals surface area contributed by atoms with Crippen molar-refractivity contribution in [1.82, 2.24) is 4.90 Å². The molecule has 0 spiro atoms. The van der Waals surface area contributed by atoms with Crippen LogP contribution in [0.5, 0.6) is 0 Å². The Morgan fingerprint density at radius 3 is 2.57 bits per heavy atom. The second kappa shape index (κ2) is 6.84. The van der Waals surface area contributed by atoms with Crippen molar-refractivity contribution in [2.45, 2.75) is 38.0 Å². The molecule has 116 valence electrons. The second-order valence-corrected chi connectivity index (χ2v) is 6.86. The summed E-state index contributed by atoms with van der Waals surface area (Å²) in [7, 11) is 0. The fourth-order valence-electron chi connectivity index (χ4n) is 2.94. The van der Waals surface area contributed by atoms with Crippen molar-refractivity contribution >= 4 is 17.7 Å². The van der Waals surface area contributed by atoms with Crippen LogP contribution in [0.1, 0.15) is 42.1 Å². The molecule has 0 atom stereocenters. The average molecular weight is 307 g/mol. The number of carbonyl (C=O) groups excluding carboxylic acids is 1. The van der Waals surface area contributed by atoms with Crippen LogP contribution in [0.15, 0.2) is 23.1 Å². The zero-order chi connectivity index (χ0) is 15.5. The molecule has 0 radical (unpaired) electrons. The number of amides is 1. The van der Waals surface area contributed by atoms with Crippen molar-refractivity contribution in [3.63, 3.8) is 0 Å². The Morgan fingerprint density at radius 1 is 1.38 bits per heavy atom. The summed E-state index contributed by atoms with van der Waals surface area (Å²) in [6.45, 7) is 5.84. The van der Waals surface area contributed by atoms with Crippen LogP contribution >= 0.6 is 11.8 Å². The highest BCUT2D eigenvalue weighted by atomic mass is 32.2. The maximum absolute atomic E-state index is 12.7. The number of aryl methyl sites for hydroxylation is 1. The molecule has 1 fully saturated rings. The maximum Gasteiger partial charge on any atom is 0.254 e. The Kier molecular flexibility index (Phi) is 5.33. The second-order valence-electron chi connectivity index (χ2n) is 5.98. The Hall–Kier alpha value is -1.00. The predicted molar refractivity (Wildman–Crippen MR) is 87.9 cm³/mol. The summed E-state index contributed by atoms with van der Waals surface area (Å²) in [5, 5.41) is 9.59. The lowest BCUT2D eigenvalue weighted by molar-refractivity contribution is 0.0337. The number of piperidine rings is 1. The molecule has 1 aromatic carbocycles. The van der Waals surface area contributed by atoms with Gasteiger partial charge in [-0.1, -0.05) is 13.0 Å². The first-order chi connectivity index (χ1) is 10.0. The quantitative estimate of drug-likeness (QED) is 0.867. The molecule has 0 aromatic heterocycles. The van der Waals surface area contributed by atoms with Gasteiger partial charge in [-0.25, -0.2) is 0 Å². The molecular weight excluding hydrogens is 282 g/mol. The van der Waals surface area contributed by atoms with E-state index in [-0.39, 0.29) is 17.9 Å². The van der Waals surface area contributed by atoms with Crippen molar-refractivity contribution in [2.75, 3.05) is 26.0 Å². The van der Waals surface area contributed by atoms with Crippen molar-refractivity contribution in [2.24, 2.45) is 5.41 Å². The van der Waals surface area contributed by atoms with Gasteiger partial charge in [-0.05, 0) is 55.6 Å². The summed E-state index contributed by atoms with van der Waals surface area (Å²) in [5.41, 5.74) is 1.87. The Labute approximate surface area is 131 Å². The number of benzene rings is 1. The summed E-state index contributed by atoms with van der Waals surface area (Å²) < 4.78 is 0. The zero-order valence-corrected chi connectivity index (χ0v) is 14.0. The molecule has 4 heteroatoms. The van der Waals surface area contributed by atoms with Crippen LogP contribution in [0.3, 0.4) is 0 Å². The minimum absolute atomic E-state index is 0.0208. The normalized spacial score (nSPS) is 17.8. The van der Waals surface area contributed by atoms with Gasteiger partial charge < -0.3 is 10.0 Å². The van der Waals surface area contributed by atoms with Gasteiger partial charge in [0.25, 0.3) is 5.91 Å². The fourth-order valence-corrected chi connectivity index (χ4v) is 3.38. The van der Waals surface area contributed by atoms with Gasteiger partial charge in [0.15, 0.2) is 0 Å². The van der Waals surface area contributed by atoms with E-state index in [0.717, 1.165) is 48.4 Å². The first kappa shape index (κ1) is 16.4. The Morgan fingerprint density at radius 2 is 2.05 bits per heavy atom. The van der Waals surface area contributed by atoms with Gasteiger partial charge in [-0.15, -0.1) is 11.8 Å². The zero-order valence-electron chi connectivity index (χ0n) is 13.2. The van der Waals surface area contributed by atoms with E-state index >= 15 is 0 Å². The number of aliphatic hydroxyl groups excluding tert-OH is 1. The van der Waals surface area contributed by atoms with E-state index < -0.39 is 0 Å². The largest absolute Gasteiger partial charge is 0.396 e. The highest BCUT2D eigenvalue weighted by molar-refractivity contribution is 7.98. The van der Waals surface area contributed by atoms with Gasteiger partial charge in [0.2, 0.25) is 0 Å². The third-order valence-corrected chi connectivity index (χ3v) is 5.60. The van der Waals surface area contributed by atoms with E-state index in [0.29, 0.717) is 0 Å². The third-order valence-electron chi connectivity index (χ3n) is 4.87. The molecule has 21 heavy (non-hydrogen) atoms. The molecule has 1 N–H and O–H groups in total. The molecule has 1 aliphatic heterocycles. The predicted octanol–water partition coefficient (Wildman–Crippen LogP) is 3.34. The molecular formula is C17H25NO2S. The molecule has 0 unspecified atom stereocenters. The summed E-state index contributed by atoms with van der Waals surface area (Å²) >= 11 is 1.66. The fraction of sp³-hybridized carbons (Fsp3) is 0.588. The summed E-state index contributed by atoms with van der Waals surface area (Å²) in [6.07, 6.45) is 4.79. The van der Waals surface area contributed by atoms with Crippen LogP contribution in [0.25, 0.3) is 0 Å². The lowest BCUT2D eigenvalue weighted by Crippen LogP contribution is -2.44. The molecule has 1 aromatic rings. The van der Waals surface area contributed by atoms with Crippen LogP contribution in [-0.2, 0) is 0 Å². The van der Waals surface area contributed by atoms with E-state index in [1.165, 1.54) is 0 Å². The molecule has 1 saturated heterocycles. The minimum atomic E-state index is 0.0208. The molecule has 0 bridgehead atoms. The van der Waals surface area contributed by atoms with Gasteiger partial charge in [0.1, 0.15) is 0 Å². The van der Waals surface area contributed by atoms with Crippen molar-refractivity contribution in [3.05, 3.63) is 29.3 Å². The lowest BCUT2D eigenvalue weighted by Gasteiger charge is -2.40. The number of likely N-dealkylation sites (tertiary alicyclic amines) is 1. The molecule has 0 saturated carbocycles. The van der Waals surface area contributed by atoms with Gasteiger partial charge in [0, 0.05) is 30.2 Å². The van der Waals surface area contributed by atoms with Crippen LogP contribution in [-0.4, -0.2) is 41.9 Å². The van der Waals surface area contributed by atoms with E-state index in [4.69, 9.17) is 0 Å². The van der Waals surface area contributed by atoms with Gasteiger partial charge >= 0.3 is 0 Å². The Balaban J connectivity index is 2.12.